The maximum absolute atomic E-state index is 13.1. The molecular weight excluding hydrogens is 451 g/mol. The smallest absolute Gasteiger partial charge is 0.407 e. The van der Waals surface area contributed by atoms with Crippen molar-refractivity contribution in [3.05, 3.63) is 35.9 Å². The van der Waals surface area contributed by atoms with Gasteiger partial charge in [0.2, 0.25) is 5.91 Å². The minimum Gasteiger partial charge on any atom is -0.469 e. The average molecular weight is 484 g/mol. The van der Waals surface area contributed by atoms with Gasteiger partial charge in [-0.1, -0.05) is 44.2 Å². The Hall–Kier alpha value is -2.26. The third-order valence-electron chi connectivity index (χ3n) is 5.06. The van der Waals surface area contributed by atoms with Crippen LogP contribution in [-0.4, -0.2) is 56.9 Å². The molecule has 1 fully saturated rings. The number of amides is 1. The fourth-order valence-corrected chi connectivity index (χ4v) is 5.04. The lowest BCUT2D eigenvalue weighted by atomic mass is 9.87. The second kappa shape index (κ2) is 12.3. The van der Waals surface area contributed by atoms with E-state index >= 15 is 0 Å². The maximum Gasteiger partial charge on any atom is 0.407 e. The molecule has 1 aliphatic heterocycles. The van der Waals surface area contributed by atoms with E-state index in [0.717, 1.165) is 12.0 Å². The van der Waals surface area contributed by atoms with Gasteiger partial charge in [-0.25, -0.2) is 9.65 Å². The molecule has 1 heterocycles. The number of rotatable bonds is 11. The first-order chi connectivity index (χ1) is 15.6. The number of carbonyl (C=O) groups excluding carboxylic acids is 3. The number of ether oxygens (including phenoxy) is 2. The minimum atomic E-state index is -3.96. The number of methoxy groups -OCH3 is 1. The second-order valence-electron chi connectivity index (χ2n) is 8.47. The van der Waals surface area contributed by atoms with Gasteiger partial charge in [-0.3, -0.25) is 23.4 Å². The van der Waals surface area contributed by atoms with Crippen molar-refractivity contribution in [2.45, 2.75) is 52.2 Å². The molecule has 33 heavy (non-hydrogen) atoms. The molecule has 1 aliphatic rings. The predicted molar refractivity (Wildman–Crippen MR) is 120 cm³/mol. The number of hydrogen-bond donors (Lipinski definition) is 2. The van der Waals surface area contributed by atoms with Crippen molar-refractivity contribution >= 4 is 25.6 Å². The van der Waals surface area contributed by atoms with Crippen LogP contribution >= 0.6 is 7.75 Å². The van der Waals surface area contributed by atoms with Crippen LogP contribution in [0.2, 0.25) is 0 Å². The number of aryl methyl sites for hydroxylation is 1. The molecule has 1 aromatic carbocycles. The molecule has 2 rings (SSSR count). The molecule has 0 radical (unpaired) electrons. The molecule has 184 valence electrons. The van der Waals surface area contributed by atoms with E-state index in [4.69, 9.17) is 13.8 Å². The summed E-state index contributed by atoms with van der Waals surface area (Å²) in [7, 11) is -2.70. The van der Waals surface area contributed by atoms with Crippen LogP contribution in [0.5, 0.6) is 0 Å². The van der Waals surface area contributed by atoms with Crippen LogP contribution in [0.4, 0.5) is 0 Å². The molecule has 0 aliphatic carbocycles. The van der Waals surface area contributed by atoms with Crippen LogP contribution in [0.3, 0.4) is 0 Å². The topological polar surface area (TPSA) is 129 Å². The van der Waals surface area contributed by atoms with Crippen LogP contribution < -0.4 is 10.4 Å². The Balaban J connectivity index is 1.84. The van der Waals surface area contributed by atoms with E-state index in [1.165, 1.54) is 14.0 Å². The first kappa shape index (κ1) is 27.0. The minimum absolute atomic E-state index is 0.00501. The largest absolute Gasteiger partial charge is 0.469 e. The molecule has 1 saturated heterocycles. The van der Waals surface area contributed by atoms with Gasteiger partial charge in [0.15, 0.2) is 6.10 Å². The fraction of sp³-hybridized carbons (Fsp3) is 0.591. The molecule has 1 aromatic rings. The Morgan fingerprint density at radius 3 is 2.61 bits per heavy atom. The van der Waals surface area contributed by atoms with Crippen LogP contribution in [0.25, 0.3) is 0 Å². The lowest BCUT2D eigenvalue weighted by Gasteiger charge is -2.40. The van der Waals surface area contributed by atoms with Crippen LogP contribution in [0, 0.1) is 5.41 Å². The summed E-state index contributed by atoms with van der Waals surface area (Å²) in [5.74, 6) is -1.61. The predicted octanol–water partition coefficient (Wildman–Crippen LogP) is 2.37. The monoisotopic (exact) mass is 484 g/mol. The van der Waals surface area contributed by atoms with Gasteiger partial charge in [0.05, 0.1) is 26.7 Å². The molecule has 1 amide bonds. The third-order valence-corrected chi connectivity index (χ3v) is 6.72. The highest BCUT2D eigenvalue weighted by Crippen LogP contribution is 2.53. The summed E-state index contributed by atoms with van der Waals surface area (Å²) < 4.78 is 33.8. The van der Waals surface area contributed by atoms with E-state index in [2.05, 4.69) is 15.1 Å². The Labute approximate surface area is 194 Å². The van der Waals surface area contributed by atoms with Crippen molar-refractivity contribution in [2.24, 2.45) is 5.41 Å². The van der Waals surface area contributed by atoms with E-state index in [1.54, 1.807) is 13.8 Å². The van der Waals surface area contributed by atoms with Gasteiger partial charge in [-0.05, 0) is 25.3 Å². The summed E-state index contributed by atoms with van der Waals surface area (Å²) in [5, 5.41) is 5.12. The van der Waals surface area contributed by atoms with Gasteiger partial charge in [0, 0.05) is 12.0 Å². The summed E-state index contributed by atoms with van der Waals surface area (Å²) in [6.45, 7) is 5.16. The van der Waals surface area contributed by atoms with Crippen molar-refractivity contribution in [2.75, 3.05) is 26.9 Å². The Bertz CT molecular complexity index is 861. The van der Waals surface area contributed by atoms with Crippen LogP contribution in [-0.2, 0) is 43.9 Å². The van der Waals surface area contributed by atoms with Crippen molar-refractivity contribution in [3.63, 3.8) is 0 Å². The molecule has 0 bridgehead atoms. The van der Waals surface area contributed by atoms with Gasteiger partial charge in [-0.2, -0.15) is 0 Å². The zero-order chi connectivity index (χ0) is 24.5. The van der Waals surface area contributed by atoms with Crippen LogP contribution in [0.1, 0.15) is 39.2 Å². The van der Waals surface area contributed by atoms with Gasteiger partial charge >= 0.3 is 19.7 Å². The third kappa shape index (κ3) is 8.55. The lowest BCUT2D eigenvalue weighted by Crippen LogP contribution is -2.51. The maximum atomic E-state index is 13.1. The summed E-state index contributed by atoms with van der Waals surface area (Å²) in [5.41, 5.74) is 0.359. The van der Waals surface area contributed by atoms with Gasteiger partial charge in [-0.15, -0.1) is 0 Å². The summed E-state index contributed by atoms with van der Waals surface area (Å²) in [6.07, 6.45) is 0.295. The quantitative estimate of drug-likeness (QED) is 0.276. The number of nitrogens with one attached hydrogen (secondary N) is 2. The number of benzene rings is 1. The van der Waals surface area contributed by atoms with E-state index in [-0.39, 0.29) is 26.2 Å². The molecular formula is C22H33N2O8P. The highest BCUT2D eigenvalue weighted by Gasteiger charge is 2.48. The zero-order valence-corrected chi connectivity index (χ0v) is 20.4. The number of esters is 2. The SMILES string of the molecule is COC(=O)CCNC(=O)[C@@H]1O[P@@](=O)(N[C@@H](C)C(=O)OCCCc2ccccc2)OCC1(C)C. The zero-order valence-electron chi connectivity index (χ0n) is 19.5. The van der Waals surface area contributed by atoms with Crippen molar-refractivity contribution in [1.82, 2.24) is 10.4 Å². The summed E-state index contributed by atoms with van der Waals surface area (Å²) >= 11 is 0. The molecule has 0 saturated carbocycles. The molecule has 3 atom stereocenters. The summed E-state index contributed by atoms with van der Waals surface area (Å²) in [4.78, 5) is 36.1. The lowest BCUT2D eigenvalue weighted by molar-refractivity contribution is -0.145. The number of carbonyl (C=O) groups is 3. The molecule has 0 aromatic heterocycles. The normalized spacial score (nSPS) is 22.7. The molecule has 0 unspecified atom stereocenters. The van der Waals surface area contributed by atoms with E-state index < -0.39 is 43.2 Å². The van der Waals surface area contributed by atoms with E-state index in [9.17, 15) is 18.9 Å². The Morgan fingerprint density at radius 1 is 1.24 bits per heavy atom. The molecule has 0 spiro atoms. The highest BCUT2D eigenvalue weighted by atomic mass is 31.2. The van der Waals surface area contributed by atoms with Gasteiger partial charge in [0.25, 0.3) is 0 Å². The fourth-order valence-electron chi connectivity index (χ4n) is 3.10. The standard InChI is InChI=1S/C22H33N2O8P/c1-16(21(27)30-14-8-11-17-9-6-5-7-10-17)24-33(28)31-15-22(2,3)19(32-33)20(26)23-13-12-18(25)29-4/h5-7,9-10,16,19H,8,11-15H2,1-4H3,(H,23,26)(H,24,28)/t16-,19-,33+/m0/s1. The molecule has 10 nitrogen and oxygen atoms in total. The number of hydrogen-bond acceptors (Lipinski definition) is 8. The molecule has 11 heteroatoms. The van der Waals surface area contributed by atoms with Crippen LogP contribution in [0.15, 0.2) is 30.3 Å². The Morgan fingerprint density at radius 2 is 1.94 bits per heavy atom. The first-order valence-electron chi connectivity index (χ1n) is 10.8. The van der Waals surface area contributed by atoms with Crippen molar-refractivity contribution in [1.29, 1.82) is 0 Å². The highest BCUT2D eigenvalue weighted by molar-refractivity contribution is 7.51. The summed E-state index contributed by atoms with van der Waals surface area (Å²) in [6, 6.07) is 8.85. The average Bonchev–Trinajstić information content (AvgIpc) is 2.78. The van der Waals surface area contributed by atoms with E-state index in [0.29, 0.717) is 6.42 Å². The van der Waals surface area contributed by atoms with Gasteiger partial charge < -0.3 is 14.8 Å². The second-order valence-corrected chi connectivity index (χ2v) is 10.2. The molecule has 2 N–H and O–H groups in total. The van der Waals surface area contributed by atoms with E-state index in [1.807, 2.05) is 30.3 Å². The van der Waals surface area contributed by atoms with Gasteiger partial charge in [0.1, 0.15) is 6.04 Å². The van der Waals surface area contributed by atoms with Crippen molar-refractivity contribution in [3.8, 4) is 0 Å². The van der Waals surface area contributed by atoms with Crippen molar-refractivity contribution < 1.29 is 37.5 Å². The first-order valence-corrected chi connectivity index (χ1v) is 12.4. The Kier molecular flexibility index (Phi) is 10.0.